The first-order chi connectivity index (χ1) is 8.78. The minimum Gasteiger partial charge on any atom is -0.481 e. The highest BCUT2D eigenvalue weighted by atomic mass is 16.5. The van der Waals surface area contributed by atoms with Crippen LogP contribution >= 0.6 is 0 Å². The van der Waals surface area contributed by atoms with Crippen LogP contribution in [-0.2, 0) is 4.74 Å². The number of nitrogens with zero attached hydrogens (tertiary/aromatic N) is 2. The zero-order valence-electron chi connectivity index (χ0n) is 11.0. The molecule has 1 aromatic heterocycles. The largest absolute Gasteiger partial charge is 0.481 e. The molecule has 5 nitrogen and oxygen atoms in total. The molecule has 0 spiro atoms. The van der Waals surface area contributed by atoms with Crippen LogP contribution in [-0.4, -0.2) is 44.4 Å². The number of nitrogens with two attached hydrogens (primary N) is 1. The molecule has 1 fully saturated rings. The van der Waals surface area contributed by atoms with E-state index in [4.69, 9.17) is 15.2 Å². The highest BCUT2D eigenvalue weighted by Crippen LogP contribution is 2.27. The maximum Gasteiger partial charge on any atom is 0.214 e. The van der Waals surface area contributed by atoms with Crippen molar-refractivity contribution in [3.05, 3.63) is 18.3 Å². The Hall–Kier alpha value is -1.33. The Bertz CT molecular complexity index is 386. The zero-order valence-corrected chi connectivity index (χ0v) is 11.0. The summed E-state index contributed by atoms with van der Waals surface area (Å²) >= 11 is 0. The molecular weight excluding hydrogens is 230 g/mol. The summed E-state index contributed by atoms with van der Waals surface area (Å²) in [5, 5.41) is 0. The topological polar surface area (TPSA) is 60.6 Å². The molecule has 2 unspecified atom stereocenters. The zero-order chi connectivity index (χ0) is 13.0. The van der Waals surface area contributed by atoms with Gasteiger partial charge in [0, 0.05) is 44.2 Å². The number of hydrogen-bond acceptors (Lipinski definition) is 5. The van der Waals surface area contributed by atoms with Crippen molar-refractivity contribution in [2.45, 2.75) is 25.0 Å². The third-order valence-corrected chi connectivity index (χ3v) is 3.53. The van der Waals surface area contributed by atoms with Crippen molar-refractivity contribution < 1.29 is 9.47 Å². The fraction of sp³-hybridized carbons (Fsp3) is 0.615. The molecule has 5 heteroatoms. The Morgan fingerprint density at radius 3 is 3.00 bits per heavy atom. The van der Waals surface area contributed by atoms with Crippen LogP contribution in [0.2, 0.25) is 0 Å². The predicted molar refractivity (Wildman–Crippen MR) is 71.0 cm³/mol. The first-order valence-electron chi connectivity index (χ1n) is 6.28. The van der Waals surface area contributed by atoms with Gasteiger partial charge in [0.1, 0.15) is 0 Å². The minimum absolute atomic E-state index is 0.316. The molecule has 0 aliphatic carbocycles. The lowest BCUT2D eigenvalue weighted by Crippen LogP contribution is -2.48. The number of hydrogen-bond donors (Lipinski definition) is 1. The van der Waals surface area contributed by atoms with Crippen molar-refractivity contribution in [3.63, 3.8) is 0 Å². The van der Waals surface area contributed by atoms with E-state index in [2.05, 4.69) is 9.88 Å². The minimum atomic E-state index is 0.316. The fourth-order valence-corrected chi connectivity index (χ4v) is 2.48. The van der Waals surface area contributed by atoms with Crippen LogP contribution in [0.25, 0.3) is 0 Å². The van der Waals surface area contributed by atoms with E-state index >= 15 is 0 Å². The van der Waals surface area contributed by atoms with Crippen molar-refractivity contribution in [2.75, 3.05) is 32.2 Å². The lowest BCUT2D eigenvalue weighted by Gasteiger charge is -2.40. The molecule has 1 aliphatic rings. The van der Waals surface area contributed by atoms with Crippen molar-refractivity contribution in [3.8, 4) is 5.88 Å². The lowest BCUT2D eigenvalue weighted by molar-refractivity contribution is 0.0709. The fourth-order valence-electron chi connectivity index (χ4n) is 2.48. The maximum absolute atomic E-state index is 5.87. The summed E-state index contributed by atoms with van der Waals surface area (Å²) in [5.74, 6) is 0.636. The van der Waals surface area contributed by atoms with E-state index in [1.54, 1.807) is 20.4 Å². The van der Waals surface area contributed by atoms with E-state index in [0.717, 1.165) is 25.1 Å². The highest BCUT2D eigenvalue weighted by Gasteiger charge is 2.27. The first-order valence-corrected chi connectivity index (χ1v) is 6.28. The summed E-state index contributed by atoms with van der Waals surface area (Å²) in [6, 6.07) is 4.27. The maximum atomic E-state index is 5.87. The molecular formula is C13H21N3O2. The van der Waals surface area contributed by atoms with Gasteiger partial charge in [-0.05, 0) is 18.9 Å². The third kappa shape index (κ3) is 2.73. The number of ether oxygens (including phenoxy) is 2. The molecule has 2 atom stereocenters. The molecule has 0 bridgehead atoms. The van der Waals surface area contributed by atoms with Gasteiger partial charge in [0.05, 0.1) is 13.2 Å². The van der Waals surface area contributed by atoms with E-state index in [9.17, 15) is 0 Å². The van der Waals surface area contributed by atoms with Crippen LogP contribution < -0.4 is 15.4 Å². The van der Waals surface area contributed by atoms with Crippen molar-refractivity contribution in [1.82, 2.24) is 4.98 Å². The van der Waals surface area contributed by atoms with E-state index in [0.29, 0.717) is 24.6 Å². The van der Waals surface area contributed by atoms with Gasteiger partial charge in [-0.15, -0.1) is 0 Å². The number of anilines is 1. The lowest BCUT2D eigenvalue weighted by atomic mass is 9.98. The number of rotatable bonds is 4. The van der Waals surface area contributed by atoms with Crippen LogP contribution in [0.4, 0.5) is 5.69 Å². The van der Waals surface area contributed by atoms with Crippen molar-refractivity contribution in [1.29, 1.82) is 0 Å². The second-order valence-electron chi connectivity index (χ2n) is 4.52. The number of methoxy groups -OCH3 is 2. The van der Waals surface area contributed by atoms with E-state index in [1.807, 2.05) is 12.1 Å². The number of piperidine rings is 1. The molecule has 0 saturated carbocycles. The van der Waals surface area contributed by atoms with Gasteiger partial charge in [-0.2, -0.15) is 0 Å². The summed E-state index contributed by atoms with van der Waals surface area (Å²) in [6.45, 7) is 1.58. The molecule has 0 amide bonds. The van der Waals surface area contributed by atoms with Gasteiger partial charge in [0.2, 0.25) is 5.88 Å². The van der Waals surface area contributed by atoms with E-state index < -0.39 is 0 Å². The molecule has 0 radical (unpaired) electrons. The van der Waals surface area contributed by atoms with Crippen molar-refractivity contribution in [2.24, 2.45) is 5.73 Å². The van der Waals surface area contributed by atoms with Crippen molar-refractivity contribution >= 4 is 5.69 Å². The smallest absolute Gasteiger partial charge is 0.214 e. The van der Waals surface area contributed by atoms with Crippen LogP contribution in [0.15, 0.2) is 18.3 Å². The Kier molecular flexibility index (Phi) is 4.38. The summed E-state index contributed by atoms with van der Waals surface area (Å²) in [6.07, 6.45) is 4.08. The predicted octanol–water partition coefficient (Wildman–Crippen LogP) is 1.03. The third-order valence-electron chi connectivity index (χ3n) is 3.53. The molecule has 1 aliphatic heterocycles. The molecule has 18 heavy (non-hydrogen) atoms. The molecule has 2 rings (SSSR count). The van der Waals surface area contributed by atoms with Gasteiger partial charge >= 0.3 is 0 Å². The van der Waals surface area contributed by atoms with E-state index in [1.165, 1.54) is 0 Å². The van der Waals surface area contributed by atoms with E-state index in [-0.39, 0.29) is 0 Å². The average molecular weight is 251 g/mol. The Morgan fingerprint density at radius 1 is 1.50 bits per heavy atom. The highest BCUT2D eigenvalue weighted by molar-refractivity contribution is 5.49. The van der Waals surface area contributed by atoms with Crippen LogP contribution in [0.1, 0.15) is 12.8 Å². The monoisotopic (exact) mass is 251 g/mol. The first kappa shape index (κ1) is 13.1. The second kappa shape index (κ2) is 6.02. The molecule has 100 valence electrons. The summed E-state index contributed by atoms with van der Waals surface area (Å²) < 4.78 is 10.6. The summed E-state index contributed by atoms with van der Waals surface area (Å²) in [4.78, 5) is 6.45. The Labute approximate surface area is 108 Å². The molecule has 1 saturated heterocycles. The van der Waals surface area contributed by atoms with Gasteiger partial charge in [-0.1, -0.05) is 0 Å². The van der Waals surface area contributed by atoms with Crippen LogP contribution in [0.5, 0.6) is 5.88 Å². The Balaban J connectivity index is 2.15. The van der Waals surface area contributed by atoms with Gasteiger partial charge in [0.15, 0.2) is 0 Å². The summed E-state index contributed by atoms with van der Waals surface area (Å²) in [5.41, 5.74) is 6.99. The molecule has 0 aromatic carbocycles. The van der Waals surface area contributed by atoms with Gasteiger partial charge in [-0.25, -0.2) is 4.98 Å². The second-order valence-corrected chi connectivity index (χ2v) is 4.52. The van der Waals surface area contributed by atoms with Gasteiger partial charge in [-0.3, -0.25) is 0 Å². The average Bonchev–Trinajstić information content (AvgIpc) is 2.46. The quantitative estimate of drug-likeness (QED) is 0.866. The van der Waals surface area contributed by atoms with Crippen LogP contribution in [0.3, 0.4) is 0 Å². The molecule has 2 N–H and O–H groups in total. The van der Waals surface area contributed by atoms with Gasteiger partial charge < -0.3 is 20.1 Å². The standard InChI is InChI=1S/C13H21N3O2/c1-17-12-4-6-16(11(7-12)9-14)10-3-5-15-13(8-10)18-2/h3,5,8,11-12H,4,6-7,9,14H2,1-2H3. The molecule has 1 aromatic rings. The van der Waals surface area contributed by atoms with Crippen LogP contribution in [0, 0.1) is 0 Å². The number of pyridine rings is 1. The Morgan fingerprint density at radius 2 is 2.33 bits per heavy atom. The molecule has 2 heterocycles. The SMILES string of the molecule is COc1cc(N2CCC(OC)CC2CN)ccn1. The number of aromatic nitrogens is 1. The summed E-state index contributed by atoms with van der Waals surface area (Å²) in [7, 11) is 3.40. The normalized spacial score (nSPS) is 24.1. The van der Waals surface area contributed by atoms with Gasteiger partial charge in [0.25, 0.3) is 0 Å².